The molecule has 2 amide bonds. The zero-order valence-electron chi connectivity index (χ0n) is 11.0. The first-order chi connectivity index (χ1) is 9.74. The van der Waals surface area contributed by atoms with E-state index in [1.165, 1.54) is 0 Å². The van der Waals surface area contributed by atoms with Crippen molar-refractivity contribution in [3.63, 3.8) is 0 Å². The predicted octanol–water partition coefficient (Wildman–Crippen LogP) is 3.22. The largest absolute Gasteiger partial charge is 0.348 e. The number of urea groups is 1. The number of nitrogens with one attached hydrogen (secondary N) is 2. The number of amides is 2. The number of hydrogen-bond donors (Lipinski definition) is 2. The quantitative estimate of drug-likeness (QED) is 0.748. The molecule has 0 aliphatic heterocycles. The van der Waals surface area contributed by atoms with E-state index in [9.17, 15) is 4.79 Å². The summed E-state index contributed by atoms with van der Waals surface area (Å²) in [5, 5.41) is 6.54. The molecule has 0 bridgehead atoms. The van der Waals surface area contributed by atoms with Crippen LogP contribution in [-0.4, -0.2) is 15.6 Å². The predicted molar refractivity (Wildman–Crippen MR) is 79.8 cm³/mol. The molecule has 0 saturated heterocycles. The van der Waals surface area contributed by atoms with E-state index in [0.717, 1.165) is 16.6 Å². The minimum Gasteiger partial charge on any atom is -0.348 e. The van der Waals surface area contributed by atoms with Crippen LogP contribution >= 0.6 is 0 Å². The van der Waals surface area contributed by atoms with Crippen molar-refractivity contribution in [3.05, 3.63) is 54.9 Å². The molecule has 3 rings (SSSR count). The number of aromatic nitrogens is 2. The first-order valence-electron chi connectivity index (χ1n) is 6.27. The fourth-order valence-electron chi connectivity index (χ4n) is 2.15. The summed E-state index contributed by atoms with van der Waals surface area (Å²) in [6.07, 6.45) is 3.52. The molecule has 0 unspecified atom stereocenters. The molecule has 2 aromatic heterocycles. The molecule has 20 heavy (non-hydrogen) atoms. The highest BCUT2D eigenvalue weighted by molar-refractivity contribution is 6.05. The second-order valence-electron chi connectivity index (χ2n) is 4.46. The van der Waals surface area contributed by atoms with Gasteiger partial charge in [-0.3, -0.25) is 5.32 Å². The van der Waals surface area contributed by atoms with Gasteiger partial charge in [-0.25, -0.2) is 9.78 Å². The minimum absolute atomic E-state index is 0.306. The number of nitrogens with zero attached hydrogens (tertiary/aromatic N) is 2. The van der Waals surface area contributed by atoms with E-state index >= 15 is 0 Å². The highest BCUT2D eigenvalue weighted by Gasteiger charge is 2.09. The molecule has 0 aliphatic carbocycles. The molecule has 0 radical (unpaired) electrons. The minimum atomic E-state index is -0.306. The number of hydrogen-bond acceptors (Lipinski definition) is 2. The molecule has 2 N–H and O–H groups in total. The summed E-state index contributed by atoms with van der Waals surface area (Å²) in [6, 6.07) is 13.0. The van der Waals surface area contributed by atoms with E-state index in [0.29, 0.717) is 5.82 Å². The highest BCUT2D eigenvalue weighted by atomic mass is 16.2. The topological polar surface area (TPSA) is 59.0 Å². The number of aryl methyl sites for hydroxylation is 1. The molecule has 5 heteroatoms. The van der Waals surface area contributed by atoms with Gasteiger partial charge in [0.15, 0.2) is 0 Å². The van der Waals surface area contributed by atoms with E-state index in [1.807, 2.05) is 48.1 Å². The van der Waals surface area contributed by atoms with Crippen molar-refractivity contribution in [1.82, 2.24) is 9.55 Å². The van der Waals surface area contributed by atoms with Gasteiger partial charge >= 0.3 is 6.03 Å². The van der Waals surface area contributed by atoms with Crippen LogP contribution in [0.25, 0.3) is 10.9 Å². The second-order valence-corrected chi connectivity index (χ2v) is 4.46. The summed E-state index contributed by atoms with van der Waals surface area (Å²) in [7, 11) is 1.95. The van der Waals surface area contributed by atoms with Crippen molar-refractivity contribution in [2.24, 2.45) is 7.05 Å². The molecule has 2 heterocycles. The number of carbonyl (C=O) groups excluding carboxylic acids is 1. The number of rotatable bonds is 2. The molecule has 0 aliphatic rings. The van der Waals surface area contributed by atoms with Gasteiger partial charge in [-0.15, -0.1) is 0 Å². The lowest BCUT2D eigenvalue weighted by Gasteiger charge is -2.05. The molecule has 0 atom stereocenters. The van der Waals surface area contributed by atoms with Crippen LogP contribution in [0.15, 0.2) is 54.9 Å². The third-order valence-corrected chi connectivity index (χ3v) is 3.05. The van der Waals surface area contributed by atoms with Crippen LogP contribution in [0, 0.1) is 0 Å². The van der Waals surface area contributed by atoms with Crippen LogP contribution in [0.1, 0.15) is 0 Å². The molecule has 5 nitrogen and oxygen atoms in total. The summed E-state index contributed by atoms with van der Waals surface area (Å²) < 4.78 is 1.98. The molecule has 100 valence electrons. The lowest BCUT2D eigenvalue weighted by Crippen LogP contribution is -2.19. The first kappa shape index (κ1) is 12.2. The zero-order valence-corrected chi connectivity index (χ0v) is 11.0. The van der Waals surface area contributed by atoms with Gasteiger partial charge < -0.3 is 9.88 Å². The highest BCUT2D eigenvalue weighted by Crippen LogP contribution is 2.24. The number of benzene rings is 1. The number of para-hydroxylation sites is 1. The lowest BCUT2D eigenvalue weighted by atomic mass is 10.2. The summed E-state index contributed by atoms with van der Waals surface area (Å²) in [5.74, 6) is 0.519. The summed E-state index contributed by atoms with van der Waals surface area (Å²) >= 11 is 0. The maximum absolute atomic E-state index is 12.0. The Morgan fingerprint density at radius 3 is 2.70 bits per heavy atom. The van der Waals surface area contributed by atoms with Crippen LogP contribution in [-0.2, 0) is 7.05 Å². The molecule has 0 saturated carbocycles. The van der Waals surface area contributed by atoms with Crippen molar-refractivity contribution in [3.8, 4) is 0 Å². The third kappa shape index (κ3) is 2.33. The van der Waals surface area contributed by atoms with Gasteiger partial charge in [0.2, 0.25) is 0 Å². The Morgan fingerprint density at radius 1 is 1.10 bits per heavy atom. The Morgan fingerprint density at radius 2 is 1.90 bits per heavy atom. The number of fused-ring (bicyclic) bond motifs is 1. The van der Waals surface area contributed by atoms with Gasteiger partial charge in [0, 0.05) is 30.3 Å². The second kappa shape index (κ2) is 5.05. The van der Waals surface area contributed by atoms with E-state index in [-0.39, 0.29) is 6.03 Å². The molecular weight excluding hydrogens is 252 g/mol. The van der Waals surface area contributed by atoms with Crippen molar-refractivity contribution in [2.45, 2.75) is 0 Å². The van der Waals surface area contributed by atoms with Crippen molar-refractivity contribution in [2.75, 3.05) is 10.6 Å². The van der Waals surface area contributed by atoms with E-state index in [2.05, 4.69) is 15.6 Å². The fourth-order valence-corrected chi connectivity index (χ4v) is 2.15. The maximum atomic E-state index is 12.0. The van der Waals surface area contributed by atoms with Crippen LogP contribution in [0.4, 0.5) is 16.3 Å². The Balaban J connectivity index is 1.81. The first-order valence-corrected chi connectivity index (χ1v) is 6.27. The average molecular weight is 266 g/mol. The van der Waals surface area contributed by atoms with Crippen LogP contribution in [0.3, 0.4) is 0 Å². The summed E-state index contributed by atoms with van der Waals surface area (Å²) in [4.78, 5) is 16.0. The van der Waals surface area contributed by atoms with Gasteiger partial charge in [-0.2, -0.15) is 0 Å². The van der Waals surface area contributed by atoms with E-state index in [1.54, 1.807) is 18.3 Å². The lowest BCUT2D eigenvalue weighted by molar-refractivity contribution is 0.262. The molecule has 0 spiro atoms. The Hall–Kier alpha value is -2.82. The molecule has 1 aromatic carbocycles. The molecule has 0 fully saturated rings. The zero-order chi connectivity index (χ0) is 13.9. The Bertz CT molecular complexity index is 749. The van der Waals surface area contributed by atoms with E-state index in [4.69, 9.17) is 0 Å². The Kier molecular flexibility index (Phi) is 3.09. The summed E-state index contributed by atoms with van der Waals surface area (Å²) in [5.41, 5.74) is 1.84. The number of pyridine rings is 1. The van der Waals surface area contributed by atoms with Crippen LogP contribution < -0.4 is 10.6 Å². The maximum Gasteiger partial charge on any atom is 0.324 e. The number of carbonyl (C=O) groups is 1. The fraction of sp³-hybridized carbons (Fsp3) is 0.0667. The molecular formula is C15H14N4O. The van der Waals surface area contributed by atoms with Gasteiger partial charge in [-0.1, -0.05) is 24.3 Å². The van der Waals surface area contributed by atoms with Gasteiger partial charge in [0.1, 0.15) is 5.82 Å². The smallest absolute Gasteiger partial charge is 0.324 e. The Labute approximate surface area is 116 Å². The average Bonchev–Trinajstić information content (AvgIpc) is 2.77. The third-order valence-electron chi connectivity index (χ3n) is 3.05. The standard InChI is InChI=1S/C15H14N4O/c1-19-10-12(11-6-2-3-7-13(11)19)17-15(20)18-14-8-4-5-9-16-14/h2-10H,1H3,(H2,16,17,18,20). The van der Waals surface area contributed by atoms with Crippen LogP contribution in [0.5, 0.6) is 0 Å². The molecule has 3 aromatic rings. The van der Waals surface area contributed by atoms with E-state index < -0.39 is 0 Å². The van der Waals surface area contributed by atoms with Crippen molar-refractivity contribution < 1.29 is 4.79 Å². The van der Waals surface area contributed by atoms with Crippen molar-refractivity contribution >= 4 is 28.4 Å². The van der Waals surface area contributed by atoms with Gasteiger partial charge in [-0.05, 0) is 18.2 Å². The number of anilines is 2. The SMILES string of the molecule is Cn1cc(NC(=O)Nc2ccccn2)c2ccccc21. The van der Waals surface area contributed by atoms with Gasteiger partial charge in [0.25, 0.3) is 0 Å². The van der Waals surface area contributed by atoms with Gasteiger partial charge in [0.05, 0.1) is 5.69 Å². The normalized spacial score (nSPS) is 10.4. The van der Waals surface area contributed by atoms with Crippen molar-refractivity contribution in [1.29, 1.82) is 0 Å². The monoisotopic (exact) mass is 266 g/mol. The summed E-state index contributed by atoms with van der Waals surface area (Å²) in [6.45, 7) is 0. The van der Waals surface area contributed by atoms with Crippen LogP contribution in [0.2, 0.25) is 0 Å².